The number of hydrogen-bond acceptors (Lipinski definition) is 0. The Bertz CT molecular complexity index is 177. The molecule has 1 aliphatic rings. The second-order valence-electron chi connectivity index (χ2n) is 3.92. The fourth-order valence-electron chi connectivity index (χ4n) is 1.57. The van der Waals surface area contributed by atoms with E-state index in [0.717, 1.165) is 5.03 Å². The van der Waals surface area contributed by atoms with Crippen LogP contribution < -0.4 is 0 Å². The number of allylic oxidation sites excluding steroid dienone is 2. The predicted octanol–water partition coefficient (Wildman–Crippen LogP) is 3.57. The molecule has 1 rings (SSSR count). The van der Waals surface area contributed by atoms with Crippen LogP contribution in [0.1, 0.15) is 34.1 Å². The monoisotopic (exact) mass is 158 g/mol. The van der Waals surface area contributed by atoms with Gasteiger partial charge in [0.1, 0.15) is 0 Å². The lowest BCUT2D eigenvalue weighted by Crippen LogP contribution is -2.16. The molecule has 0 nitrogen and oxygen atoms in total. The highest BCUT2D eigenvalue weighted by Gasteiger charge is 2.35. The highest BCUT2D eigenvalue weighted by molar-refractivity contribution is 6.30. The Morgan fingerprint density at radius 2 is 2.00 bits per heavy atom. The summed E-state index contributed by atoms with van der Waals surface area (Å²) >= 11 is 6.13. The van der Waals surface area contributed by atoms with Gasteiger partial charge in [-0.1, -0.05) is 37.9 Å². The zero-order valence-electron chi connectivity index (χ0n) is 7.16. The minimum atomic E-state index is 0.228. The average Bonchev–Trinajstić information content (AvgIpc) is 1.97. The maximum absolute atomic E-state index is 6.13. The van der Waals surface area contributed by atoms with Crippen molar-refractivity contribution < 1.29 is 0 Å². The summed E-state index contributed by atoms with van der Waals surface area (Å²) in [6, 6.07) is 0. The van der Waals surface area contributed by atoms with E-state index in [9.17, 15) is 0 Å². The molecule has 0 radical (unpaired) electrons. The van der Waals surface area contributed by atoms with Gasteiger partial charge in [0.25, 0.3) is 0 Å². The largest absolute Gasteiger partial charge is 0.0886 e. The molecule has 0 N–H and O–H groups in total. The van der Waals surface area contributed by atoms with E-state index in [-0.39, 0.29) is 5.41 Å². The number of halogens is 1. The molecular weight excluding hydrogens is 144 g/mol. The van der Waals surface area contributed by atoms with Gasteiger partial charge in [0, 0.05) is 10.4 Å². The van der Waals surface area contributed by atoms with Crippen LogP contribution in [0.3, 0.4) is 0 Å². The van der Waals surface area contributed by atoms with Gasteiger partial charge in [-0.25, -0.2) is 0 Å². The first kappa shape index (κ1) is 8.13. The van der Waals surface area contributed by atoms with Crippen molar-refractivity contribution >= 4 is 11.6 Å². The molecule has 0 aromatic heterocycles. The van der Waals surface area contributed by atoms with Gasteiger partial charge in [-0.15, -0.1) is 0 Å². The Labute approximate surface area is 68.3 Å². The number of rotatable bonds is 0. The van der Waals surface area contributed by atoms with E-state index < -0.39 is 0 Å². The van der Waals surface area contributed by atoms with Crippen molar-refractivity contribution in [2.75, 3.05) is 0 Å². The summed E-state index contributed by atoms with van der Waals surface area (Å²) in [7, 11) is 0. The van der Waals surface area contributed by atoms with E-state index in [4.69, 9.17) is 11.6 Å². The smallest absolute Gasteiger partial charge is 0.0229 e. The minimum absolute atomic E-state index is 0.228. The van der Waals surface area contributed by atoms with Gasteiger partial charge < -0.3 is 0 Å². The lowest BCUT2D eigenvalue weighted by molar-refractivity contribution is 0.328. The van der Waals surface area contributed by atoms with Crippen LogP contribution in [-0.2, 0) is 0 Å². The maximum atomic E-state index is 6.13. The molecule has 0 amide bonds. The minimum Gasteiger partial charge on any atom is -0.0886 e. The van der Waals surface area contributed by atoms with Crippen molar-refractivity contribution in [3.8, 4) is 0 Å². The van der Waals surface area contributed by atoms with Crippen molar-refractivity contribution in [2.45, 2.75) is 34.1 Å². The van der Waals surface area contributed by atoms with E-state index >= 15 is 0 Å². The summed E-state index contributed by atoms with van der Waals surface area (Å²) in [5, 5.41) is 1.08. The van der Waals surface area contributed by atoms with Crippen LogP contribution in [0.25, 0.3) is 0 Å². The third-order valence-electron chi connectivity index (χ3n) is 2.78. The van der Waals surface area contributed by atoms with Gasteiger partial charge in [0.2, 0.25) is 0 Å². The van der Waals surface area contributed by atoms with Gasteiger partial charge in [-0.3, -0.25) is 0 Å². The number of hydrogen-bond donors (Lipinski definition) is 0. The first-order chi connectivity index (χ1) is 4.46. The normalized spacial score (nSPS) is 31.5. The molecule has 1 aliphatic carbocycles. The van der Waals surface area contributed by atoms with Gasteiger partial charge in [0.15, 0.2) is 0 Å². The Kier molecular flexibility index (Phi) is 1.84. The van der Waals surface area contributed by atoms with Crippen molar-refractivity contribution in [1.29, 1.82) is 0 Å². The standard InChI is InChI=1S/C9H15Cl/c1-6-5-7(2)9(3,4)8(6)10/h7H,5H2,1-4H3. The zero-order chi connectivity index (χ0) is 7.94. The van der Waals surface area contributed by atoms with Crippen LogP contribution in [-0.4, -0.2) is 0 Å². The molecule has 0 saturated carbocycles. The van der Waals surface area contributed by atoms with Gasteiger partial charge in [-0.05, 0) is 19.3 Å². The highest BCUT2D eigenvalue weighted by atomic mass is 35.5. The SMILES string of the molecule is CC1=C(Cl)C(C)(C)C(C)C1. The van der Waals surface area contributed by atoms with E-state index in [1.165, 1.54) is 12.0 Å². The van der Waals surface area contributed by atoms with Crippen molar-refractivity contribution in [3.63, 3.8) is 0 Å². The summed E-state index contributed by atoms with van der Waals surface area (Å²) in [4.78, 5) is 0. The van der Waals surface area contributed by atoms with Crippen LogP contribution in [0, 0.1) is 11.3 Å². The lowest BCUT2D eigenvalue weighted by Gasteiger charge is -2.24. The second kappa shape index (κ2) is 2.27. The van der Waals surface area contributed by atoms with Crippen molar-refractivity contribution in [2.24, 2.45) is 11.3 Å². The molecule has 0 fully saturated rings. The summed E-state index contributed by atoms with van der Waals surface area (Å²) in [6.45, 7) is 8.83. The fourth-order valence-corrected chi connectivity index (χ4v) is 1.83. The van der Waals surface area contributed by atoms with E-state index in [2.05, 4.69) is 27.7 Å². The lowest BCUT2D eigenvalue weighted by atomic mass is 9.83. The molecule has 0 bridgehead atoms. The van der Waals surface area contributed by atoms with Crippen LogP contribution in [0.5, 0.6) is 0 Å². The van der Waals surface area contributed by atoms with Crippen LogP contribution >= 0.6 is 11.6 Å². The Hall–Kier alpha value is 0.0300. The van der Waals surface area contributed by atoms with Crippen LogP contribution in [0.2, 0.25) is 0 Å². The Balaban J connectivity index is 2.94. The molecule has 0 aromatic carbocycles. The first-order valence-corrected chi connectivity index (χ1v) is 4.19. The molecule has 0 spiro atoms. The summed E-state index contributed by atoms with van der Waals surface area (Å²) < 4.78 is 0. The quantitative estimate of drug-likeness (QED) is 0.506. The molecule has 1 heteroatoms. The van der Waals surface area contributed by atoms with Gasteiger partial charge in [0.05, 0.1) is 0 Å². The summed E-state index contributed by atoms with van der Waals surface area (Å²) in [5.74, 6) is 0.708. The van der Waals surface area contributed by atoms with Crippen LogP contribution in [0.15, 0.2) is 10.6 Å². The predicted molar refractivity (Wildman–Crippen MR) is 46.1 cm³/mol. The van der Waals surface area contributed by atoms with Gasteiger partial charge >= 0.3 is 0 Å². The van der Waals surface area contributed by atoms with Crippen LogP contribution in [0.4, 0.5) is 0 Å². The highest BCUT2D eigenvalue weighted by Crippen LogP contribution is 2.48. The molecule has 0 saturated heterocycles. The Morgan fingerprint density at radius 1 is 1.50 bits per heavy atom. The molecule has 1 unspecified atom stereocenters. The van der Waals surface area contributed by atoms with Crippen molar-refractivity contribution in [3.05, 3.63) is 10.6 Å². The summed E-state index contributed by atoms with van der Waals surface area (Å²) in [5.41, 5.74) is 1.60. The summed E-state index contributed by atoms with van der Waals surface area (Å²) in [6.07, 6.45) is 1.17. The molecule has 0 aromatic rings. The molecule has 1 atom stereocenters. The molecule has 58 valence electrons. The zero-order valence-corrected chi connectivity index (χ0v) is 7.92. The molecule has 0 heterocycles. The topological polar surface area (TPSA) is 0 Å². The third-order valence-corrected chi connectivity index (χ3v) is 3.59. The average molecular weight is 159 g/mol. The maximum Gasteiger partial charge on any atom is 0.0229 e. The molecular formula is C9H15Cl. The molecule has 0 aliphatic heterocycles. The van der Waals surface area contributed by atoms with E-state index in [0.29, 0.717) is 5.92 Å². The van der Waals surface area contributed by atoms with E-state index in [1.54, 1.807) is 0 Å². The third kappa shape index (κ3) is 0.989. The fraction of sp³-hybridized carbons (Fsp3) is 0.778. The first-order valence-electron chi connectivity index (χ1n) is 3.82. The Morgan fingerprint density at radius 3 is 2.10 bits per heavy atom. The van der Waals surface area contributed by atoms with Crippen molar-refractivity contribution in [1.82, 2.24) is 0 Å². The van der Waals surface area contributed by atoms with E-state index in [1.807, 2.05) is 0 Å². The molecule has 10 heavy (non-hydrogen) atoms. The van der Waals surface area contributed by atoms with Gasteiger partial charge in [-0.2, -0.15) is 0 Å². The second-order valence-corrected chi connectivity index (χ2v) is 4.30.